The Morgan fingerprint density at radius 3 is 2.13 bits per heavy atom. The molecule has 0 aliphatic rings. The number of hydrogen-bond donors (Lipinski definition) is 0. The molecule has 0 radical (unpaired) electrons. The Kier molecular flexibility index (Phi) is 5.14. The van der Waals surface area contributed by atoms with Crippen molar-refractivity contribution in [2.45, 2.75) is 16.7 Å². The number of halogens is 2. The molecule has 0 saturated heterocycles. The zero-order chi connectivity index (χ0) is 16.4. The van der Waals surface area contributed by atoms with Crippen LogP contribution in [0.25, 0.3) is 11.1 Å². The van der Waals surface area contributed by atoms with Crippen LogP contribution < -0.4 is 0 Å². The van der Waals surface area contributed by atoms with E-state index in [0.717, 1.165) is 35.4 Å². The summed E-state index contributed by atoms with van der Waals surface area (Å²) in [6, 6.07) is 21.6. The summed E-state index contributed by atoms with van der Waals surface area (Å²) in [5, 5.41) is 0. The third kappa shape index (κ3) is 3.49. The standard InChI is InChI=1S/C19H14Br2OS/c1-13-9-11-14(12-10-13)23(22)18-8-4-7-17(21)19(18)15-5-2-3-6-16(15)20/h2-12H,1H3/t23-/m0/s1. The van der Waals surface area contributed by atoms with Crippen molar-refractivity contribution in [3.63, 3.8) is 0 Å². The van der Waals surface area contributed by atoms with Gasteiger partial charge in [0.2, 0.25) is 0 Å². The predicted molar refractivity (Wildman–Crippen MR) is 103 cm³/mol. The lowest BCUT2D eigenvalue weighted by molar-refractivity contribution is 0.683. The minimum atomic E-state index is -1.24. The normalized spacial score (nSPS) is 12.1. The van der Waals surface area contributed by atoms with Crippen molar-refractivity contribution in [2.75, 3.05) is 0 Å². The van der Waals surface area contributed by atoms with Crippen LogP contribution in [0.4, 0.5) is 0 Å². The van der Waals surface area contributed by atoms with Gasteiger partial charge in [0.1, 0.15) is 0 Å². The van der Waals surface area contributed by atoms with Crippen molar-refractivity contribution < 1.29 is 4.21 Å². The van der Waals surface area contributed by atoms with Gasteiger partial charge in [-0.1, -0.05) is 73.8 Å². The molecule has 0 aromatic heterocycles. The summed E-state index contributed by atoms with van der Waals surface area (Å²) in [5.41, 5.74) is 3.14. The van der Waals surface area contributed by atoms with Crippen molar-refractivity contribution in [1.29, 1.82) is 0 Å². The maximum Gasteiger partial charge on any atom is 0.0856 e. The summed E-state index contributed by atoms with van der Waals surface area (Å²) >= 11 is 7.21. The molecule has 0 aliphatic heterocycles. The van der Waals surface area contributed by atoms with Gasteiger partial charge >= 0.3 is 0 Å². The van der Waals surface area contributed by atoms with E-state index in [2.05, 4.69) is 31.9 Å². The zero-order valence-corrected chi connectivity index (χ0v) is 16.4. The second-order valence-electron chi connectivity index (χ2n) is 5.17. The largest absolute Gasteiger partial charge is 0.249 e. The summed E-state index contributed by atoms with van der Waals surface area (Å²) in [4.78, 5) is 1.61. The Labute approximate surface area is 155 Å². The van der Waals surface area contributed by atoms with E-state index >= 15 is 0 Å². The van der Waals surface area contributed by atoms with Gasteiger partial charge in [0.15, 0.2) is 0 Å². The molecule has 1 atom stereocenters. The molecule has 0 bridgehead atoms. The number of benzene rings is 3. The lowest BCUT2D eigenvalue weighted by Gasteiger charge is -2.13. The molecule has 0 N–H and O–H groups in total. The highest BCUT2D eigenvalue weighted by Gasteiger charge is 2.17. The van der Waals surface area contributed by atoms with Crippen LogP contribution in [0.3, 0.4) is 0 Å². The summed E-state index contributed by atoms with van der Waals surface area (Å²) in [7, 11) is -1.24. The van der Waals surface area contributed by atoms with Gasteiger partial charge in [-0.25, -0.2) is 4.21 Å². The molecular formula is C19H14Br2OS. The predicted octanol–water partition coefficient (Wildman–Crippen LogP) is 6.35. The minimum Gasteiger partial charge on any atom is -0.249 e. The molecule has 0 amide bonds. The third-order valence-corrected chi connectivity index (χ3v) is 6.35. The molecule has 0 fully saturated rings. The fourth-order valence-corrected chi connectivity index (χ4v) is 4.81. The van der Waals surface area contributed by atoms with Gasteiger partial charge in [-0.2, -0.15) is 0 Å². The third-order valence-electron chi connectivity index (χ3n) is 3.55. The van der Waals surface area contributed by atoms with Crippen molar-refractivity contribution in [3.05, 3.63) is 81.2 Å². The quantitative estimate of drug-likeness (QED) is 0.455. The average molecular weight is 450 g/mol. The van der Waals surface area contributed by atoms with E-state index in [1.165, 1.54) is 0 Å². The van der Waals surface area contributed by atoms with Gasteiger partial charge in [-0.15, -0.1) is 0 Å². The highest BCUT2D eigenvalue weighted by Crippen LogP contribution is 2.38. The molecule has 4 heteroatoms. The van der Waals surface area contributed by atoms with Crippen LogP contribution >= 0.6 is 31.9 Å². The first kappa shape index (κ1) is 16.6. The van der Waals surface area contributed by atoms with Crippen molar-refractivity contribution >= 4 is 42.7 Å². The van der Waals surface area contributed by atoms with Crippen LogP contribution in [-0.4, -0.2) is 4.21 Å². The van der Waals surface area contributed by atoms with Gasteiger partial charge < -0.3 is 0 Å². The fourth-order valence-electron chi connectivity index (χ4n) is 2.37. The molecule has 0 aliphatic carbocycles. The Balaban J connectivity index is 2.17. The summed E-state index contributed by atoms with van der Waals surface area (Å²) < 4.78 is 15.0. The SMILES string of the molecule is Cc1ccc([S@](=O)c2cccc(Br)c2-c2ccccc2Br)cc1. The maximum atomic E-state index is 13.1. The molecule has 0 unspecified atom stereocenters. The van der Waals surface area contributed by atoms with Gasteiger partial charge in [0.25, 0.3) is 0 Å². The fraction of sp³-hybridized carbons (Fsp3) is 0.0526. The zero-order valence-electron chi connectivity index (χ0n) is 12.4. The van der Waals surface area contributed by atoms with Gasteiger partial charge in [0.05, 0.1) is 15.7 Å². The molecule has 1 nitrogen and oxygen atoms in total. The molecule has 0 heterocycles. The number of aryl methyl sites for hydroxylation is 1. The Morgan fingerprint density at radius 1 is 0.783 bits per heavy atom. The topological polar surface area (TPSA) is 17.1 Å². The van der Waals surface area contributed by atoms with Gasteiger partial charge in [-0.05, 0) is 42.8 Å². The summed E-state index contributed by atoms with van der Waals surface area (Å²) in [5.74, 6) is 0. The lowest BCUT2D eigenvalue weighted by Crippen LogP contribution is -1.97. The molecule has 0 spiro atoms. The monoisotopic (exact) mass is 448 g/mol. The van der Waals surface area contributed by atoms with Crippen LogP contribution in [0.1, 0.15) is 5.56 Å². The molecule has 3 aromatic carbocycles. The molecular weight excluding hydrogens is 436 g/mol. The van der Waals surface area contributed by atoms with Gasteiger partial charge in [-0.3, -0.25) is 0 Å². The van der Waals surface area contributed by atoms with Crippen LogP contribution in [-0.2, 0) is 10.8 Å². The second kappa shape index (κ2) is 7.12. The second-order valence-corrected chi connectivity index (χ2v) is 8.33. The van der Waals surface area contributed by atoms with Crippen molar-refractivity contribution in [3.8, 4) is 11.1 Å². The van der Waals surface area contributed by atoms with Gasteiger partial charge in [0, 0.05) is 19.4 Å². The molecule has 23 heavy (non-hydrogen) atoms. The highest BCUT2D eigenvalue weighted by atomic mass is 79.9. The smallest absolute Gasteiger partial charge is 0.0856 e. The van der Waals surface area contributed by atoms with E-state index in [9.17, 15) is 4.21 Å². The summed E-state index contributed by atoms with van der Waals surface area (Å²) in [6.45, 7) is 2.03. The van der Waals surface area contributed by atoms with Crippen LogP contribution in [0.2, 0.25) is 0 Å². The molecule has 3 aromatic rings. The molecule has 0 saturated carbocycles. The van der Waals surface area contributed by atoms with Crippen molar-refractivity contribution in [2.24, 2.45) is 0 Å². The first-order chi connectivity index (χ1) is 11.1. The lowest BCUT2D eigenvalue weighted by atomic mass is 10.1. The van der Waals surface area contributed by atoms with Crippen LogP contribution in [0, 0.1) is 6.92 Å². The minimum absolute atomic E-state index is 0.801. The van der Waals surface area contributed by atoms with E-state index in [4.69, 9.17) is 0 Å². The average Bonchev–Trinajstić information content (AvgIpc) is 2.56. The Hall–Kier alpha value is -1.23. The van der Waals surface area contributed by atoms with E-state index in [0.29, 0.717) is 0 Å². The first-order valence-electron chi connectivity index (χ1n) is 7.10. The first-order valence-corrected chi connectivity index (χ1v) is 9.83. The maximum absolute atomic E-state index is 13.1. The summed E-state index contributed by atoms with van der Waals surface area (Å²) in [6.07, 6.45) is 0. The van der Waals surface area contributed by atoms with Crippen LogP contribution in [0.5, 0.6) is 0 Å². The number of hydrogen-bond acceptors (Lipinski definition) is 1. The van der Waals surface area contributed by atoms with E-state index in [1.807, 2.05) is 73.7 Å². The molecule has 3 rings (SSSR count). The van der Waals surface area contributed by atoms with E-state index in [1.54, 1.807) is 0 Å². The number of rotatable bonds is 3. The van der Waals surface area contributed by atoms with Crippen LogP contribution in [0.15, 0.2) is 85.5 Å². The van der Waals surface area contributed by atoms with E-state index < -0.39 is 10.8 Å². The van der Waals surface area contributed by atoms with Crippen molar-refractivity contribution in [1.82, 2.24) is 0 Å². The van der Waals surface area contributed by atoms with E-state index in [-0.39, 0.29) is 0 Å². The Morgan fingerprint density at radius 2 is 1.43 bits per heavy atom. The molecule has 116 valence electrons. The Bertz CT molecular complexity index is 873. The highest BCUT2D eigenvalue weighted by molar-refractivity contribution is 9.11.